The Bertz CT molecular complexity index is 861. The van der Waals surface area contributed by atoms with E-state index in [9.17, 15) is 14.7 Å². The summed E-state index contributed by atoms with van der Waals surface area (Å²) in [7, 11) is 0. The summed E-state index contributed by atoms with van der Waals surface area (Å²) in [4.78, 5) is 26.1. The normalized spacial score (nSPS) is 21.7. The highest BCUT2D eigenvalue weighted by Crippen LogP contribution is 2.52. The van der Waals surface area contributed by atoms with E-state index in [1.165, 1.54) is 6.07 Å². The van der Waals surface area contributed by atoms with Crippen molar-refractivity contribution in [2.75, 3.05) is 4.90 Å². The maximum Gasteiger partial charge on any atom is 0.336 e. The first kappa shape index (κ1) is 14.3. The second kappa shape index (κ2) is 4.83. The number of nitrogens with zero attached hydrogens (tertiary/aromatic N) is 1. The van der Waals surface area contributed by atoms with Crippen LogP contribution in [0.5, 0.6) is 0 Å². The van der Waals surface area contributed by atoms with Crippen LogP contribution < -0.4 is 4.90 Å². The van der Waals surface area contributed by atoms with E-state index in [1.807, 2.05) is 18.2 Å². The van der Waals surface area contributed by atoms with E-state index in [0.717, 1.165) is 23.2 Å². The van der Waals surface area contributed by atoms with E-state index in [0.29, 0.717) is 10.6 Å². The van der Waals surface area contributed by atoms with Gasteiger partial charge in [0.2, 0.25) is 0 Å². The van der Waals surface area contributed by atoms with Crippen LogP contribution in [-0.4, -0.2) is 17.0 Å². The number of carbonyl (C=O) groups excluding carboxylic acids is 1. The SMILES string of the molecule is CC1CC2c3cccc(C(=O)O)c3C(=O)N2c2c(Cl)cccc21. The summed E-state index contributed by atoms with van der Waals surface area (Å²) in [5.74, 6) is -1.11. The highest BCUT2D eigenvalue weighted by Gasteiger charge is 2.45. The molecule has 2 heterocycles. The topological polar surface area (TPSA) is 57.6 Å². The maximum atomic E-state index is 13.0. The van der Waals surface area contributed by atoms with E-state index in [1.54, 1.807) is 17.0 Å². The van der Waals surface area contributed by atoms with Crippen LogP contribution in [0.4, 0.5) is 5.69 Å². The number of aromatic carboxylic acids is 1. The van der Waals surface area contributed by atoms with Crippen LogP contribution in [0.25, 0.3) is 0 Å². The van der Waals surface area contributed by atoms with Crippen molar-refractivity contribution in [2.24, 2.45) is 0 Å². The van der Waals surface area contributed by atoms with E-state index < -0.39 is 5.97 Å². The minimum atomic E-state index is -1.08. The lowest BCUT2D eigenvalue weighted by molar-refractivity contribution is 0.0692. The Labute approximate surface area is 138 Å². The van der Waals surface area contributed by atoms with Crippen molar-refractivity contribution in [2.45, 2.75) is 25.3 Å². The van der Waals surface area contributed by atoms with Crippen molar-refractivity contribution >= 4 is 29.2 Å². The third-order valence-corrected chi connectivity index (χ3v) is 5.10. The van der Waals surface area contributed by atoms with Gasteiger partial charge in [0, 0.05) is 0 Å². The van der Waals surface area contributed by atoms with E-state index in [2.05, 4.69) is 6.92 Å². The van der Waals surface area contributed by atoms with Crippen LogP contribution in [-0.2, 0) is 0 Å². The predicted octanol–water partition coefficient (Wildman–Crippen LogP) is 4.25. The van der Waals surface area contributed by atoms with Gasteiger partial charge in [-0.15, -0.1) is 0 Å². The molecule has 1 N–H and O–H groups in total. The van der Waals surface area contributed by atoms with Crippen LogP contribution in [0, 0.1) is 0 Å². The maximum absolute atomic E-state index is 13.0. The molecule has 2 aliphatic rings. The number of hydrogen-bond acceptors (Lipinski definition) is 2. The zero-order valence-corrected chi connectivity index (χ0v) is 13.2. The molecule has 0 radical (unpaired) electrons. The van der Waals surface area contributed by atoms with Gasteiger partial charge < -0.3 is 5.11 Å². The predicted molar refractivity (Wildman–Crippen MR) is 87.4 cm³/mol. The fourth-order valence-electron chi connectivity index (χ4n) is 3.80. The quantitative estimate of drug-likeness (QED) is 0.852. The van der Waals surface area contributed by atoms with Gasteiger partial charge in [-0.2, -0.15) is 0 Å². The minimum absolute atomic E-state index is 0.0585. The van der Waals surface area contributed by atoms with Crippen LogP contribution in [0.15, 0.2) is 36.4 Å². The van der Waals surface area contributed by atoms with Crippen LogP contribution in [0.1, 0.15) is 57.1 Å². The van der Waals surface area contributed by atoms with Crippen molar-refractivity contribution in [3.05, 3.63) is 63.7 Å². The van der Waals surface area contributed by atoms with Gasteiger partial charge in [0.05, 0.1) is 27.9 Å². The van der Waals surface area contributed by atoms with Gasteiger partial charge in [-0.25, -0.2) is 4.79 Å². The second-order valence-corrected chi connectivity index (χ2v) is 6.49. The highest BCUT2D eigenvalue weighted by atomic mass is 35.5. The number of rotatable bonds is 1. The molecule has 0 aliphatic carbocycles. The Kier molecular flexibility index (Phi) is 3.00. The summed E-state index contributed by atoms with van der Waals surface area (Å²) < 4.78 is 0. The number of amides is 1. The van der Waals surface area contributed by atoms with E-state index in [4.69, 9.17) is 11.6 Å². The Morgan fingerprint density at radius 3 is 2.65 bits per heavy atom. The van der Waals surface area contributed by atoms with Crippen molar-refractivity contribution in [1.82, 2.24) is 0 Å². The average Bonchev–Trinajstić information content (AvgIpc) is 2.81. The molecule has 0 saturated heterocycles. The number of carboxylic acids is 1. The number of halogens is 1. The monoisotopic (exact) mass is 327 g/mol. The zero-order valence-electron chi connectivity index (χ0n) is 12.4. The number of carbonyl (C=O) groups is 2. The number of fused-ring (bicyclic) bond motifs is 5. The number of hydrogen-bond donors (Lipinski definition) is 1. The Balaban J connectivity index is 1.98. The average molecular weight is 328 g/mol. The van der Waals surface area contributed by atoms with E-state index in [-0.39, 0.29) is 23.4 Å². The highest BCUT2D eigenvalue weighted by molar-refractivity contribution is 6.34. The molecular formula is C18H14ClNO3. The summed E-state index contributed by atoms with van der Waals surface area (Å²) in [6.45, 7) is 2.11. The van der Waals surface area contributed by atoms with Gasteiger partial charge in [-0.3, -0.25) is 9.69 Å². The fourth-order valence-corrected chi connectivity index (χ4v) is 4.07. The Morgan fingerprint density at radius 1 is 1.22 bits per heavy atom. The molecule has 2 aliphatic heterocycles. The molecule has 1 amide bonds. The fraction of sp³-hybridized carbons (Fsp3) is 0.222. The second-order valence-electron chi connectivity index (χ2n) is 6.08. The van der Waals surface area contributed by atoms with Gasteiger partial charge in [0.25, 0.3) is 5.91 Å². The summed E-state index contributed by atoms with van der Waals surface area (Å²) in [5.41, 5.74) is 2.89. The first-order chi connectivity index (χ1) is 11.0. The molecule has 2 unspecified atom stereocenters. The van der Waals surface area contributed by atoms with Gasteiger partial charge in [0.1, 0.15) is 0 Å². The Hall–Kier alpha value is -2.33. The molecule has 0 fully saturated rings. The van der Waals surface area contributed by atoms with Gasteiger partial charge in [-0.1, -0.05) is 42.8 Å². The van der Waals surface area contributed by atoms with Gasteiger partial charge >= 0.3 is 5.97 Å². The largest absolute Gasteiger partial charge is 0.478 e. The van der Waals surface area contributed by atoms with Crippen LogP contribution in [0.3, 0.4) is 0 Å². The zero-order chi connectivity index (χ0) is 16.3. The standard InChI is InChI=1S/C18H14ClNO3/c1-9-8-14-11-5-2-6-12(18(22)23)15(11)17(21)20(14)16-10(9)4-3-7-13(16)19/h2-7,9,14H,8H2,1H3,(H,22,23). The molecule has 2 aromatic rings. The van der Waals surface area contributed by atoms with Gasteiger partial charge in [-0.05, 0) is 35.6 Å². The van der Waals surface area contributed by atoms with Crippen LogP contribution in [0.2, 0.25) is 5.02 Å². The molecule has 2 atom stereocenters. The molecule has 0 spiro atoms. The summed E-state index contributed by atoms with van der Waals surface area (Å²) in [5, 5.41) is 9.93. The van der Waals surface area contributed by atoms with Crippen molar-refractivity contribution in [1.29, 1.82) is 0 Å². The molecule has 0 bridgehead atoms. The number of carboxylic acid groups (broad SMARTS) is 1. The lowest BCUT2D eigenvalue weighted by Gasteiger charge is -2.36. The van der Waals surface area contributed by atoms with Gasteiger partial charge in [0.15, 0.2) is 0 Å². The molecular weight excluding hydrogens is 314 g/mol. The Morgan fingerprint density at radius 2 is 1.91 bits per heavy atom. The van der Waals surface area contributed by atoms with Crippen LogP contribution >= 0.6 is 11.6 Å². The molecule has 5 heteroatoms. The van der Waals surface area contributed by atoms with E-state index >= 15 is 0 Å². The molecule has 23 heavy (non-hydrogen) atoms. The smallest absolute Gasteiger partial charge is 0.336 e. The molecule has 2 aromatic carbocycles. The molecule has 0 aromatic heterocycles. The summed E-state index contributed by atoms with van der Waals surface area (Å²) >= 11 is 6.37. The number of benzene rings is 2. The molecule has 4 nitrogen and oxygen atoms in total. The van der Waals surface area contributed by atoms with Crippen molar-refractivity contribution in [3.63, 3.8) is 0 Å². The lowest BCUT2D eigenvalue weighted by Crippen LogP contribution is -2.33. The van der Waals surface area contributed by atoms with Crippen molar-refractivity contribution < 1.29 is 14.7 Å². The summed E-state index contributed by atoms with van der Waals surface area (Å²) in [6.07, 6.45) is 0.759. The third-order valence-electron chi connectivity index (χ3n) is 4.80. The number of para-hydroxylation sites is 1. The number of anilines is 1. The van der Waals surface area contributed by atoms with Crippen molar-refractivity contribution in [3.8, 4) is 0 Å². The molecule has 0 saturated carbocycles. The first-order valence-corrected chi connectivity index (χ1v) is 7.86. The molecule has 116 valence electrons. The molecule has 4 rings (SSSR count). The summed E-state index contributed by atoms with van der Waals surface area (Å²) in [6, 6.07) is 10.5. The lowest BCUT2D eigenvalue weighted by atomic mass is 9.85. The first-order valence-electron chi connectivity index (χ1n) is 7.49. The third kappa shape index (κ3) is 1.85. The minimum Gasteiger partial charge on any atom is -0.478 e.